The van der Waals surface area contributed by atoms with Crippen molar-refractivity contribution in [1.29, 1.82) is 5.26 Å². The smallest absolute Gasteiger partial charge is 0.323 e. The highest BCUT2D eigenvalue weighted by Gasteiger charge is 2.00. The second kappa shape index (κ2) is 2.84. The quantitative estimate of drug-likeness (QED) is 0.636. The van der Waals surface area contributed by atoms with Crippen molar-refractivity contribution >= 4 is 5.97 Å². The molecule has 0 unspecified atom stereocenters. The van der Waals surface area contributed by atoms with E-state index in [1.165, 1.54) is 17.1 Å². The van der Waals surface area contributed by atoms with Gasteiger partial charge in [0.05, 0.1) is 6.33 Å². The first-order valence-corrected chi connectivity index (χ1v) is 2.86. The Labute approximate surface area is 62.5 Å². The molecule has 0 saturated carbocycles. The maximum absolute atomic E-state index is 10.1. The number of carboxylic acid groups (broad SMARTS) is 1. The number of imidazole rings is 1. The van der Waals surface area contributed by atoms with Crippen molar-refractivity contribution < 1.29 is 9.90 Å². The Hall–Kier alpha value is -1.83. The highest BCUT2D eigenvalue weighted by molar-refractivity contribution is 5.66. The third-order valence-electron chi connectivity index (χ3n) is 1.07. The summed E-state index contributed by atoms with van der Waals surface area (Å²) in [5.74, 6) is -0.952. The van der Waals surface area contributed by atoms with Crippen molar-refractivity contribution in [2.45, 2.75) is 6.54 Å². The van der Waals surface area contributed by atoms with E-state index in [9.17, 15) is 4.79 Å². The first kappa shape index (κ1) is 7.28. The van der Waals surface area contributed by atoms with Crippen LogP contribution < -0.4 is 0 Å². The molecule has 0 saturated heterocycles. The maximum atomic E-state index is 10.1. The fraction of sp³-hybridized carbons (Fsp3) is 0.167. The Morgan fingerprint density at radius 3 is 3.09 bits per heavy atom. The average molecular weight is 151 g/mol. The van der Waals surface area contributed by atoms with Crippen molar-refractivity contribution in [3.05, 3.63) is 18.2 Å². The maximum Gasteiger partial charge on any atom is 0.323 e. The normalized spacial score (nSPS) is 9.00. The number of carboxylic acids is 1. The molecule has 1 rings (SSSR count). The molecule has 0 atom stereocenters. The Balaban J connectivity index is 2.75. The van der Waals surface area contributed by atoms with Crippen LogP contribution in [0.2, 0.25) is 0 Å². The van der Waals surface area contributed by atoms with Crippen molar-refractivity contribution in [1.82, 2.24) is 9.55 Å². The lowest BCUT2D eigenvalue weighted by Gasteiger charge is -1.92. The summed E-state index contributed by atoms with van der Waals surface area (Å²) in [6.45, 7) is -0.158. The van der Waals surface area contributed by atoms with Crippen LogP contribution in [-0.2, 0) is 11.3 Å². The van der Waals surface area contributed by atoms with Gasteiger partial charge in [-0.05, 0) is 0 Å². The molecule has 0 aromatic carbocycles. The minimum atomic E-state index is -0.952. The molecule has 0 spiro atoms. The van der Waals surface area contributed by atoms with E-state index in [-0.39, 0.29) is 12.2 Å². The SMILES string of the molecule is N#Cc1cn(CC(=O)O)cn1. The van der Waals surface area contributed by atoms with E-state index < -0.39 is 5.97 Å². The zero-order chi connectivity index (χ0) is 8.27. The van der Waals surface area contributed by atoms with Gasteiger partial charge in [-0.2, -0.15) is 5.26 Å². The van der Waals surface area contributed by atoms with Crippen LogP contribution in [-0.4, -0.2) is 20.6 Å². The molecule has 0 aliphatic rings. The highest BCUT2D eigenvalue weighted by Crippen LogP contribution is 1.92. The van der Waals surface area contributed by atoms with Crippen LogP contribution in [0.4, 0.5) is 0 Å². The number of aliphatic carboxylic acids is 1. The van der Waals surface area contributed by atoms with Gasteiger partial charge in [-0.25, -0.2) is 4.98 Å². The number of nitriles is 1. The van der Waals surface area contributed by atoms with E-state index in [1.54, 1.807) is 6.07 Å². The molecule has 11 heavy (non-hydrogen) atoms. The molecule has 56 valence electrons. The Bertz CT molecular complexity index is 310. The lowest BCUT2D eigenvalue weighted by Crippen LogP contribution is -2.06. The summed E-state index contributed by atoms with van der Waals surface area (Å²) in [6.07, 6.45) is 2.70. The molecule has 0 amide bonds. The van der Waals surface area contributed by atoms with Gasteiger partial charge >= 0.3 is 5.97 Å². The zero-order valence-corrected chi connectivity index (χ0v) is 5.56. The molecule has 1 aromatic rings. The topological polar surface area (TPSA) is 78.9 Å². The van der Waals surface area contributed by atoms with Gasteiger partial charge in [-0.15, -0.1) is 0 Å². The molecule has 1 heterocycles. The van der Waals surface area contributed by atoms with E-state index >= 15 is 0 Å². The summed E-state index contributed by atoms with van der Waals surface area (Å²) in [5, 5.41) is 16.6. The second-order valence-electron chi connectivity index (χ2n) is 1.94. The standard InChI is InChI=1S/C6H5N3O2/c7-1-5-2-9(4-8-5)3-6(10)11/h2,4H,3H2,(H,10,11). The summed E-state index contributed by atoms with van der Waals surface area (Å²) in [6, 6.07) is 1.80. The zero-order valence-electron chi connectivity index (χ0n) is 5.56. The number of rotatable bonds is 2. The molecular formula is C6H5N3O2. The monoisotopic (exact) mass is 151 g/mol. The fourth-order valence-corrected chi connectivity index (χ4v) is 0.660. The minimum absolute atomic E-state index is 0.158. The Kier molecular flexibility index (Phi) is 1.88. The number of carbonyl (C=O) groups is 1. The van der Waals surface area contributed by atoms with Gasteiger partial charge in [-0.1, -0.05) is 0 Å². The van der Waals surface area contributed by atoms with Crippen LogP contribution in [0.1, 0.15) is 5.69 Å². The molecule has 0 bridgehead atoms. The Morgan fingerprint density at radius 1 is 1.91 bits per heavy atom. The summed E-state index contributed by atoms with van der Waals surface area (Å²) >= 11 is 0. The van der Waals surface area contributed by atoms with Gasteiger partial charge < -0.3 is 9.67 Å². The third kappa shape index (κ3) is 1.79. The average Bonchev–Trinajstić information content (AvgIpc) is 2.34. The summed E-state index contributed by atoms with van der Waals surface area (Å²) in [7, 11) is 0. The summed E-state index contributed by atoms with van der Waals surface area (Å²) < 4.78 is 1.33. The van der Waals surface area contributed by atoms with Gasteiger partial charge in [0.25, 0.3) is 0 Å². The van der Waals surface area contributed by atoms with E-state index in [0.717, 1.165) is 0 Å². The third-order valence-corrected chi connectivity index (χ3v) is 1.07. The van der Waals surface area contributed by atoms with E-state index in [2.05, 4.69) is 4.98 Å². The van der Waals surface area contributed by atoms with Gasteiger partial charge in [0.2, 0.25) is 0 Å². The highest BCUT2D eigenvalue weighted by atomic mass is 16.4. The molecule has 5 heteroatoms. The van der Waals surface area contributed by atoms with E-state index in [0.29, 0.717) is 0 Å². The van der Waals surface area contributed by atoms with Crippen LogP contribution >= 0.6 is 0 Å². The molecule has 1 aromatic heterocycles. The van der Waals surface area contributed by atoms with Crippen LogP contribution in [0.3, 0.4) is 0 Å². The van der Waals surface area contributed by atoms with Gasteiger partial charge in [0.15, 0.2) is 5.69 Å². The van der Waals surface area contributed by atoms with Gasteiger partial charge in [-0.3, -0.25) is 4.79 Å². The number of nitrogens with zero attached hydrogens (tertiary/aromatic N) is 3. The van der Waals surface area contributed by atoms with Crippen molar-refractivity contribution in [3.63, 3.8) is 0 Å². The molecular weight excluding hydrogens is 146 g/mol. The van der Waals surface area contributed by atoms with Crippen molar-refractivity contribution in [2.24, 2.45) is 0 Å². The number of hydrogen-bond donors (Lipinski definition) is 1. The van der Waals surface area contributed by atoms with Crippen molar-refractivity contribution in [2.75, 3.05) is 0 Å². The van der Waals surface area contributed by atoms with Crippen LogP contribution in [0.15, 0.2) is 12.5 Å². The molecule has 0 radical (unpaired) electrons. The molecule has 0 aliphatic heterocycles. The number of hydrogen-bond acceptors (Lipinski definition) is 3. The van der Waals surface area contributed by atoms with E-state index in [4.69, 9.17) is 10.4 Å². The molecule has 1 N–H and O–H groups in total. The summed E-state index contributed by atoms with van der Waals surface area (Å²) in [5.41, 5.74) is 0.228. The lowest BCUT2D eigenvalue weighted by molar-refractivity contribution is -0.137. The minimum Gasteiger partial charge on any atom is -0.480 e. The van der Waals surface area contributed by atoms with Gasteiger partial charge in [0.1, 0.15) is 12.6 Å². The number of aromatic nitrogens is 2. The molecule has 0 aliphatic carbocycles. The first-order chi connectivity index (χ1) is 5.22. The lowest BCUT2D eigenvalue weighted by atomic mass is 10.5. The van der Waals surface area contributed by atoms with Crippen LogP contribution in [0, 0.1) is 11.3 Å². The van der Waals surface area contributed by atoms with E-state index in [1.807, 2.05) is 0 Å². The predicted octanol–water partition coefficient (Wildman–Crippen LogP) is -0.161. The fourth-order valence-electron chi connectivity index (χ4n) is 0.660. The van der Waals surface area contributed by atoms with Crippen LogP contribution in [0.5, 0.6) is 0 Å². The predicted molar refractivity (Wildman–Crippen MR) is 34.6 cm³/mol. The largest absolute Gasteiger partial charge is 0.480 e. The Morgan fingerprint density at radius 2 is 2.64 bits per heavy atom. The van der Waals surface area contributed by atoms with Crippen LogP contribution in [0.25, 0.3) is 0 Å². The summed E-state index contributed by atoms with van der Waals surface area (Å²) in [4.78, 5) is 13.8. The molecule has 5 nitrogen and oxygen atoms in total. The van der Waals surface area contributed by atoms with Gasteiger partial charge in [0, 0.05) is 6.20 Å². The first-order valence-electron chi connectivity index (χ1n) is 2.86. The molecule has 0 fully saturated rings. The van der Waals surface area contributed by atoms with Crippen molar-refractivity contribution in [3.8, 4) is 6.07 Å². The second-order valence-corrected chi connectivity index (χ2v) is 1.94.